The van der Waals surface area contributed by atoms with Crippen LogP contribution in [0.15, 0.2) is 23.1 Å². The Bertz CT molecular complexity index is 891. The van der Waals surface area contributed by atoms with Gasteiger partial charge in [0.25, 0.3) is 5.69 Å². The highest BCUT2D eigenvalue weighted by Crippen LogP contribution is 2.31. The predicted octanol–water partition coefficient (Wildman–Crippen LogP) is 1.69. The number of benzene rings is 1. The summed E-state index contributed by atoms with van der Waals surface area (Å²) < 4.78 is 26.5. The molecule has 10 nitrogen and oxygen atoms in total. The number of rotatable bonds is 8. The zero-order valence-electron chi connectivity index (χ0n) is 15.1. The molecule has 2 aromatic rings. The monoisotopic (exact) mass is 382 g/mol. The van der Waals surface area contributed by atoms with E-state index in [1.165, 1.54) is 16.4 Å². The number of aromatic amines is 1. The molecule has 0 radical (unpaired) electrons. The summed E-state index contributed by atoms with van der Waals surface area (Å²) in [6, 6.07) is 3.92. The number of H-pyrrole nitrogens is 1. The summed E-state index contributed by atoms with van der Waals surface area (Å²) in [7, 11) is -2.12. The average Bonchev–Trinajstić information content (AvgIpc) is 2.99. The second-order valence-corrected chi connectivity index (χ2v) is 7.63. The highest BCUT2D eigenvalue weighted by Gasteiger charge is 2.27. The summed E-state index contributed by atoms with van der Waals surface area (Å²) in [5.41, 5.74) is 0.00365. The molecule has 0 aliphatic rings. The number of nitrogens with zero attached hydrogens (tertiary/aromatic N) is 5. The third kappa shape index (κ3) is 3.99. The van der Waals surface area contributed by atoms with Crippen LogP contribution in [0.3, 0.4) is 0 Å². The van der Waals surface area contributed by atoms with E-state index in [4.69, 9.17) is 0 Å². The van der Waals surface area contributed by atoms with Crippen LogP contribution in [-0.2, 0) is 16.6 Å². The lowest BCUT2D eigenvalue weighted by Crippen LogP contribution is -2.30. The Morgan fingerprint density at radius 3 is 2.42 bits per heavy atom. The molecule has 1 aromatic carbocycles. The third-order valence-electron chi connectivity index (χ3n) is 3.92. The lowest BCUT2D eigenvalue weighted by Gasteiger charge is -2.20. The van der Waals surface area contributed by atoms with Crippen molar-refractivity contribution in [2.45, 2.75) is 32.2 Å². The number of nitrogens with one attached hydrogen (secondary N) is 1. The summed E-state index contributed by atoms with van der Waals surface area (Å²) in [5.74, 6) is 1.13. The van der Waals surface area contributed by atoms with E-state index >= 15 is 0 Å². The fourth-order valence-electron chi connectivity index (χ4n) is 2.60. The van der Waals surface area contributed by atoms with Gasteiger partial charge < -0.3 is 4.90 Å². The van der Waals surface area contributed by atoms with Gasteiger partial charge in [0.2, 0.25) is 10.0 Å². The Morgan fingerprint density at radius 1 is 1.27 bits per heavy atom. The molecule has 2 rings (SSSR count). The Hall–Kier alpha value is -2.53. The van der Waals surface area contributed by atoms with Crippen LogP contribution in [-0.4, -0.2) is 53.0 Å². The number of sulfonamides is 1. The summed E-state index contributed by atoms with van der Waals surface area (Å²) in [5, 5.41) is 18.2. The number of anilines is 1. The first-order valence-electron chi connectivity index (χ1n) is 8.08. The average molecular weight is 382 g/mol. The molecule has 0 spiro atoms. The van der Waals surface area contributed by atoms with Crippen LogP contribution >= 0.6 is 0 Å². The number of hydrogen-bond donors (Lipinski definition) is 1. The summed E-state index contributed by atoms with van der Waals surface area (Å²) in [6.45, 7) is 6.02. The molecule has 1 heterocycles. The molecule has 0 unspecified atom stereocenters. The maximum atomic E-state index is 12.6. The lowest BCUT2D eigenvalue weighted by molar-refractivity contribution is -0.384. The van der Waals surface area contributed by atoms with Gasteiger partial charge in [-0.1, -0.05) is 13.8 Å². The molecule has 142 valence electrons. The summed E-state index contributed by atoms with van der Waals surface area (Å²) in [4.78, 5) is 16.6. The van der Waals surface area contributed by atoms with Gasteiger partial charge in [-0.25, -0.2) is 13.4 Å². The van der Waals surface area contributed by atoms with Crippen LogP contribution in [0.25, 0.3) is 0 Å². The van der Waals surface area contributed by atoms with Crippen LogP contribution in [0.5, 0.6) is 0 Å². The molecular formula is C15H22N6O4S. The topological polar surface area (TPSA) is 125 Å². The molecular weight excluding hydrogens is 360 g/mol. The molecule has 26 heavy (non-hydrogen) atoms. The maximum Gasteiger partial charge on any atom is 0.293 e. The lowest BCUT2D eigenvalue weighted by atomic mass is 10.2. The first-order valence-corrected chi connectivity index (χ1v) is 9.52. The van der Waals surface area contributed by atoms with E-state index < -0.39 is 14.9 Å². The van der Waals surface area contributed by atoms with Crippen molar-refractivity contribution in [2.75, 3.05) is 25.0 Å². The van der Waals surface area contributed by atoms with Crippen LogP contribution in [0.4, 0.5) is 11.4 Å². The molecule has 0 aliphatic heterocycles. The van der Waals surface area contributed by atoms with Crippen LogP contribution in [0.2, 0.25) is 0 Å². The Kier molecular flexibility index (Phi) is 5.93. The van der Waals surface area contributed by atoms with Crippen LogP contribution in [0.1, 0.15) is 25.5 Å². The van der Waals surface area contributed by atoms with Crippen molar-refractivity contribution in [3.63, 3.8) is 0 Å². The summed E-state index contributed by atoms with van der Waals surface area (Å²) in [6.07, 6.45) is 0. The molecule has 0 aliphatic carbocycles. The van der Waals surface area contributed by atoms with Gasteiger partial charge in [0.15, 0.2) is 5.82 Å². The van der Waals surface area contributed by atoms with E-state index in [0.29, 0.717) is 24.7 Å². The number of hydrogen-bond acceptors (Lipinski definition) is 7. The van der Waals surface area contributed by atoms with E-state index in [1.807, 2.05) is 0 Å². The van der Waals surface area contributed by atoms with Gasteiger partial charge in [0.1, 0.15) is 11.5 Å². The molecule has 0 atom stereocenters. The van der Waals surface area contributed by atoms with E-state index in [1.54, 1.807) is 32.7 Å². The first kappa shape index (κ1) is 19.8. The standard InChI is InChI=1S/C15H22N6O4S/c1-5-20(6-2)26(24,25)12-7-8-13(14(9-12)21(22)23)19(4)10-15-16-11(3)17-18-15/h7-9H,5-6,10H2,1-4H3,(H,16,17,18). The Labute approximate surface area is 152 Å². The van der Waals surface area contributed by atoms with Crippen molar-refractivity contribution >= 4 is 21.4 Å². The van der Waals surface area contributed by atoms with Crippen molar-refractivity contribution in [1.29, 1.82) is 0 Å². The van der Waals surface area contributed by atoms with Crippen molar-refractivity contribution in [3.8, 4) is 0 Å². The quantitative estimate of drug-likeness (QED) is 0.544. The highest BCUT2D eigenvalue weighted by atomic mass is 32.2. The molecule has 0 fully saturated rings. The molecule has 1 N–H and O–H groups in total. The minimum Gasteiger partial charge on any atom is -0.361 e. The maximum absolute atomic E-state index is 12.6. The highest BCUT2D eigenvalue weighted by molar-refractivity contribution is 7.89. The Morgan fingerprint density at radius 2 is 1.92 bits per heavy atom. The third-order valence-corrected chi connectivity index (χ3v) is 5.97. The molecule has 11 heteroatoms. The van der Waals surface area contributed by atoms with Gasteiger partial charge in [-0.2, -0.15) is 9.40 Å². The number of aromatic nitrogens is 3. The SMILES string of the molecule is CCN(CC)S(=O)(=O)c1ccc(N(C)Cc2n[nH]c(C)n2)c([N+](=O)[O-])c1. The normalized spacial score (nSPS) is 11.7. The van der Waals surface area contributed by atoms with Gasteiger partial charge in [-0.05, 0) is 19.1 Å². The Balaban J connectivity index is 2.41. The van der Waals surface area contributed by atoms with Crippen molar-refractivity contribution < 1.29 is 13.3 Å². The molecule has 0 amide bonds. The molecule has 0 saturated carbocycles. The van der Waals surface area contributed by atoms with E-state index in [2.05, 4.69) is 15.2 Å². The van der Waals surface area contributed by atoms with Crippen molar-refractivity contribution in [2.24, 2.45) is 0 Å². The molecule has 0 saturated heterocycles. The minimum absolute atomic E-state index is 0.0983. The van der Waals surface area contributed by atoms with Crippen LogP contribution in [0, 0.1) is 17.0 Å². The van der Waals surface area contributed by atoms with Gasteiger partial charge in [-0.3, -0.25) is 15.2 Å². The van der Waals surface area contributed by atoms with E-state index in [-0.39, 0.29) is 22.8 Å². The zero-order valence-corrected chi connectivity index (χ0v) is 15.9. The van der Waals surface area contributed by atoms with Crippen molar-refractivity contribution in [1.82, 2.24) is 19.5 Å². The largest absolute Gasteiger partial charge is 0.361 e. The van der Waals surface area contributed by atoms with E-state index in [0.717, 1.165) is 6.07 Å². The number of nitro groups is 1. The smallest absolute Gasteiger partial charge is 0.293 e. The van der Waals surface area contributed by atoms with Crippen molar-refractivity contribution in [3.05, 3.63) is 40.0 Å². The fraction of sp³-hybridized carbons (Fsp3) is 0.467. The van der Waals surface area contributed by atoms with Crippen LogP contribution < -0.4 is 4.90 Å². The van der Waals surface area contributed by atoms with Gasteiger partial charge in [0, 0.05) is 26.2 Å². The molecule has 0 bridgehead atoms. The van der Waals surface area contributed by atoms with E-state index in [9.17, 15) is 18.5 Å². The second-order valence-electron chi connectivity index (χ2n) is 5.69. The van der Waals surface area contributed by atoms with Gasteiger partial charge >= 0.3 is 0 Å². The molecule has 1 aromatic heterocycles. The predicted molar refractivity (Wildman–Crippen MR) is 96.4 cm³/mol. The fourth-order valence-corrected chi connectivity index (χ4v) is 4.08. The minimum atomic E-state index is -3.77. The van der Waals surface area contributed by atoms with Gasteiger partial charge in [0.05, 0.1) is 16.4 Å². The zero-order chi connectivity index (χ0) is 19.5. The number of aryl methyl sites for hydroxylation is 1. The summed E-state index contributed by atoms with van der Waals surface area (Å²) >= 11 is 0. The first-order chi connectivity index (χ1) is 12.2. The second kappa shape index (κ2) is 7.79. The van der Waals surface area contributed by atoms with Gasteiger partial charge in [-0.15, -0.1) is 0 Å². The number of nitro benzene ring substituents is 1.